The zero-order valence-electron chi connectivity index (χ0n) is 12.1. The van der Waals surface area contributed by atoms with Gasteiger partial charge >= 0.3 is 5.97 Å². The molecule has 1 aliphatic heterocycles. The van der Waals surface area contributed by atoms with Crippen LogP contribution in [0.5, 0.6) is 0 Å². The van der Waals surface area contributed by atoms with Crippen LogP contribution in [0.4, 0.5) is 0 Å². The van der Waals surface area contributed by atoms with Crippen molar-refractivity contribution in [1.29, 1.82) is 0 Å². The molecule has 0 aromatic rings. The molecule has 0 radical (unpaired) electrons. The monoisotopic (exact) mass is 292 g/mol. The number of carbonyl (C=O) groups excluding carboxylic acids is 1. The van der Waals surface area contributed by atoms with E-state index in [1.165, 1.54) is 6.92 Å². The summed E-state index contributed by atoms with van der Waals surface area (Å²) in [6.07, 6.45) is -0.419. The van der Waals surface area contributed by atoms with Crippen LogP contribution in [0.15, 0.2) is 0 Å². The molecule has 4 atom stereocenters. The molecule has 0 bridgehead atoms. The van der Waals surface area contributed by atoms with E-state index in [0.29, 0.717) is 6.42 Å². The first kappa shape index (κ1) is 21.6. The van der Waals surface area contributed by atoms with E-state index in [9.17, 15) is 4.79 Å². The van der Waals surface area contributed by atoms with Crippen molar-refractivity contribution >= 4 is 5.97 Å². The van der Waals surface area contributed by atoms with Crippen LogP contribution in [0.1, 0.15) is 55.9 Å². The Hall–Kier alpha value is -0.650. The molecule has 20 heavy (non-hydrogen) atoms. The lowest BCUT2D eigenvalue weighted by Crippen LogP contribution is -2.58. The Bertz CT molecular complexity index is 292. The predicted molar refractivity (Wildman–Crippen MR) is 79.6 cm³/mol. The Morgan fingerprint density at radius 3 is 2.30 bits per heavy atom. The van der Waals surface area contributed by atoms with Gasteiger partial charge in [0.15, 0.2) is 12.4 Å². The van der Waals surface area contributed by atoms with Crippen LogP contribution in [-0.4, -0.2) is 43.3 Å². The van der Waals surface area contributed by atoms with Gasteiger partial charge in [-0.25, -0.2) is 0 Å². The van der Waals surface area contributed by atoms with Crippen molar-refractivity contribution < 1.29 is 23.7 Å². The van der Waals surface area contributed by atoms with Crippen LogP contribution in [0.25, 0.3) is 0 Å². The van der Waals surface area contributed by atoms with Gasteiger partial charge in [0.1, 0.15) is 5.60 Å². The molecular weight excluding hydrogens is 260 g/mol. The van der Waals surface area contributed by atoms with Gasteiger partial charge in [-0.15, -0.1) is 0 Å². The average Bonchev–Trinajstić information content (AvgIpc) is 2.22. The van der Waals surface area contributed by atoms with Gasteiger partial charge in [-0.2, -0.15) is 0 Å². The van der Waals surface area contributed by atoms with Crippen molar-refractivity contribution in [2.24, 2.45) is 0 Å². The summed E-state index contributed by atoms with van der Waals surface area (Å²) in [5.74, 6) is -0.332. The maximum Gasteiger partial charge on any atom is 0.303 e. The molecular formula is C15H32O5. The van der Waals surface area contributed by atoms with Crippen molar-refractivity contribution in [3.05, 3.63) is 0 Å². The Kier molecular flexibility index (Phi) is 9.30. The van der Waals surface area contributed by atoms with Crippen molar-refractivity contribution in [3.8, 4) is 0 Å². The number of hydrogen-bond donors (Lipinski definition) is 0. The highest BCUT2D eigenvalue weighted by molar-refractivity contribution is 5.66. The van der Waals surface area contributed by atoms with Crippen LogP contribution < -0.4 is 0 Å². The highest BCUT2D eigenvalue weighted by Gasteiger charge is 2.48. The van der Waals surface area contributed by atoms with Gasteiger partial charge in [-0.05, 0) is 27.7 Å². The highest BCUT2D eigenvalue weighted by Crippen LogP contribution is 2.34. The van der Waals surface area contributed by atoms with E-state index in [4.69, 9.17) is 18.9 Å². The summed E-state index contributed by atoms with van der Waals surface area (Å²) in [6, 6.07) is 0. The molecule has 1 heterocycles. The van der Waals surface area contributed by atoms with Crippen molar-refractivity contribution in [2.75, 3.05) is 7.11 Å². The minimum Gasteiger partial charge on any atom is -0.457 e. The fourth-order valence-corrected chi connectivity index (χ4v) is 2.28. The highest BCUT2D eigenvalue weighted by atomic mass is 16.7. The Balaban J connectivity index is 0. The second-order valence-electron chi connectivity index (χ2n) is 5.21. The molecule has 1 saturated heterocycles. The molecule has 122 valence electrons. The first-order valence-corrected chi connectivity index (χ1v) is 6.31. The zero-order chi connectivity index (χ0) is 13.9. The fourth-order valence-electron chi connectivity index (χ4n) is 2.28. The minimum absolute atomic E-state index is 0. The van der Waals surface area contributed by atoms with E-state index in [-0.39, 0.29) is 39.3 Å². The van der Waals surface area contributed by atoms with Crippen LogP contribution >= 0.6 is 0 Å². The number of esters is 1. The molecule has 0 N–H and O–H groups in total. The lowest BCUT2D eigenvalue weighted by molar-refractivity contribution is -0.288. The number of hydrogen-bond acceptors (Lipinski definition) is 5. The van der Waals surface area contributed by atoms with Crippen LogP contribution in [0.3, 0.4) is 0 Å². The first-order chi connectivity index (χ1) is 8.28. The minimum atomic E-state index is -0.594. The van der Waals surface area contributed by atoms with E-state index in [2.05, 4.69) is 0 Å². The van der Waals surface area contributed by atoms with E-state index in [1.54, 1.807) is 7.11 Å². The third kappa shape index (κ3) is 5.38. The number of rotatable bonds is 4. The summed E-state index contributed by atoms with van der Waals surface area (Å²) in [4.78, 5) is 11.2. The summed E-state index contributed by atoms with van der Waals surface area (Å²) in [5.41, 5.74) is -0.594. The average molecular weight is 292 g/mol. The maximum absolute atomic E-state index is 11.2. The van der Waals surface area contributed by atoms with E-state index in [0.717, 1.165) is 0 Å². The zero-order valence-corrected chi connectivity index (χ0v) is 12.1. The third-order valence-electron chi connectivity index (χ3n) is 3.15. The van der Waals surface area contributed by atoms with Crippen molar-refractivity contribution in [1.82, 2.24) is 0 Å². The van der Waals surface area contributed by atoms with E-state index in [1.807, 2.05) is 27.7 Å². The number of methoxy groups -OCH3 is 1. The summed E-state index contributed by atoms with van der Waals surface area (Å²) in [6.45, 7) is 9.07. The van der Waals surface area contributed by atoms with Crippen molar-refractivity contribution in [2.45, 2.75) is 86.1 Å². The molecule has 0 amide bonds. The normalized spacial score (nSPS) is 33.0. The third-order valence-corrected chi connectivity index (χ3v) is 3.15. The lowest BCUT2D eigenvalue weighted by atomic mass is 9.88. The second-order valence-corrected chi connectivity index (χ2v) is 5.21. The number of ether oxygens (including phenoxy) is 4. The summed E-state index contributed by atoms with van der Waals surface area (Å²) in [5, 5.41) is 0. The summed E-state index contributed by atoms with van der Waals surface area (Å²) in [7, 11) is 1.61. The van der Waals surface area contributed by atoms with Gasteiger partial charge in [0.2, 0.25) is 0 Å². The van der Waals surface area contributed by atoms with Crippen LogP contribution in [0.2, 0.25) is 0 Å². The SMILES string of the molecule is C.C.CO[C@]1(C)C[C@H](OC(C)C)O[C@@H](C)[C@@H]1OC(C)=O. The smallest absolute Gasteiger partial charge is 0.303 e. The molecule has 5 nitrogen and oxygen atoms in total. The van der Waals surface area contributed by atoms with E-state index >= 15 is 0 Å². The molecule has 0 aliphatic carbocycles. The summed E-state index contributed by atoms with van der Waals surface area (Å²) >= 11 is 0. The largest absolute Gasteiger partial charge is 0.457 e. The first-order valence-electron chi connectivity index (χ1n) is 6.31. The topological polar surface area (TPSA) is 54.0 Å². The molecule has 1 rings (SSSR count). The summed E-state index contributed by atoms with van der Waals surface area (Å²) < 4.78 is 22.3. The van der Waals surface area contributed by atoms with Gasteiger partial charge in [0.05, 0.1) is 12.2 Å². The van der Waals surface area contributed by atoms with Crippen LogP contribution in [-0.2, 0) is 23.7 Å². The van der Waals surface area contributed by atoms with Gasteiger partial charge in [-0.3, -0.25) is 4.79 Å². The quantitative estimate of drug-likeness (QED) is 0.745. The lowest BCUT2D eigenvalue weighted by Gasteiger charge is -2.45. The van der Waals surface area contributed by atoms with Gasteiger partial charge in [-0.1, -0.05) is 14.9 Å². The Labute approximate surface area is 123 Å². The molecule has 0 spiro atoms. The molecule has 0 unspecified atom stereocenters. The second kappa shape index (κ2) is 8.60. The van der Waals surface area contributed by atoms with Gasteiger partial charge < -0.3 is 18.9 Å². The van der Waals surface area contributed by atoms with E-state index < -0.39 is 11.7 Å². The standard InChI is InChI=1S/C13H24O5.2CH4/c1-8(2)16-11-7-13(5,15-6)12(9(3)17-11)18-10(4)14;;/h8-9,11-12H,7H2,1-6H3;2*1H4/t9-,11+,12-,13+;;/m0../s1. The molecule has 0 aromatic carbocycles. The van der Waals surface area contributed by atoms with Gasteiger partial charge in [0.25, 0.3) is 0 Å². The Morgan fingerprint density at radius 2 is 1.90 bits per heavy atom. The molecule has 1 aliphatic rings. The molecule has 0 aromatic heterocycles. The van der Waals surface area contributed by atoms with Gasteiger partial charge in [0, 0.05) is 20.5 Å². The predicted octanol–water partition coefficient (Wildman–Crippen LogP) is 3.16. The van der Waals surface area contributed by atoms with Crippen molar-refractivity contribution in [3.63, 3.8) is 0 Å². The molecule has 1 fully saturated rings. The van der Waals surface area contributed by atoms with Crippen LogP contribution in [0, 0.1) is 0 Å². The molecule has 0 saturated carbocycles. The fraction of sp³-hybridized carbons (Fsp3) is 0.933. The Morgan fingerprint density at radius 1 is 1.35 bits per heavy atom. The number of carbonyl (C=O) groups is 1. The molecule has 5 heteroatoms. The maximum atomic E-state index is 11.2.